The number of nitrogens with zero attached hydrogens (tertiary/aromatic N) is 1. The maximum absolute atomic E-state index is 11.8. The highest BCUT2D eigenvalue weighted by molar-refractivity contribution is 7.12. The van der Waals surface area contributed by atoms with Crippen LogP contribution in [-0.2, 0) is 0 Å². The van der Waals surface area contributed by atoms with Crippen LogP contribution in [0.5, 0.6) is 0 Å². The molecule has 0 bridgehead atoms. The Kier molecular flexibility index (Phi) is 3.02. The second-order valence-corrected chi connectivity index (χ2v) is 4.58. The fourth-order valence-electron chi connectivity index (χ4n) is 1.53. The summed E-state index contributed by atoms with van der Waals surface area (Å²) in [5, 5.41) is 1.93. The third-order valence-corrected chi connectivity index (χ3v) is 3.16. The van der Waals surface area contributed by atoms with E-state index in [1.807, 2.05) is 34.8 Å². The Morgan fingerprint density at radius 3 is 3.13 bits per heavy atom. The van der Waals surface area contributed by atoms with Crippen molar-refractivity contribution in [2.24, 2.45) is 0 Å². The van der Waals surface area contributed by atoms with Gasteiger partial charge in [0.25, 0.3) is 0 Å². The summed E-state index contributed by atoms with van der Waals surface area (Å²) in [6.07, 6.45) is 7.07. The van der Waals surface area contributed by atoms with Crippen LogP contribution in [0.25, 0.3) is 0 Å². The number of hydrogen-bond donors (Lipinski definition) is 0. The van der Waals surface area contributed by atoms with Crippen LogP contribution in [0.2, 0.25) is 0 Å². The molecule has 0 saturated carbocycles. The van der Waals surface area contributed by atoms with Crippen molar-refractivity contribution in [2.45, 2.75) is 13.3 Å². The highest BCUT2D eigenvalue weighted by atomic mass is 32.1. The number of thiophene rings is 1. The van der Waals surface area contributed by atoms with Crippen LogP contribution in [0.15, 0.2) is 41.6 Å². The van der Waals surface area contributed by atoms with Gasteiger partial charge >= 0.3 is 0 Å². The lowest BCUT2D eigenvalue weighted by Gasteiger charge is -2.18. The Hall–Kier alpha value is -1.35. The Morgan fingerprint density at radius 2 is 2.47 bits per heavy atom. The molecule has 1 aliphatic rings. The van der Waals surface area contributed by atoms with E-state index in [0.717, 1.165) is 11.3 Å². The predicted octanol–water partition coefficient (Wildman–Crippen LogP) is 3.05. The predicted molar refractivity (Wildman–Crippen MR) is 62.9 cm³/mol. The molecule has 2 nitrogen and oxygen atoms in total. The summed E-state index contributed by atoms with van der Waals surface area (Å²) in [7, 11) is 0. The zero-order chi connectivity index (χ0) is 10.7. The highest BCUT2D eigenvalue weighted by Crippen LogP contribution is 2.14. The summed E-state index contributed by atoms with van der Waals surface area (Å²) in [6, 6.07) is 3.78. The van der Waals surface area contributed by atoms with Gasteiger partial charge in [0.05, 0.1) is 11.4 Å². The Labute approximate surface area is 93.5 Å². The average Bonchev–Trinajstić information content (AvgIpc) is 2.70. The van der Waals surface area contributed by atoms with Gasteiger partial charge in [0.2, 0.25) is 0 Å². The minimum Gasteiger partial charge on any atom is -0.347 e. The van der Waals surface area contributed by atoms with Gasteiger partial charge in [0.15, 0.2) is 5.78 Å². The van der Waals surface area contributed by atoms with Gasteiger partial charge in [-0.05, 0) is 24.8 Å². The third kappa shape index (κ3) is 2.57. The number of carbonyl (C=O) groups excluding carboxylic acids is 1. The number of Topliss-reactive ketones (excluding diaryl/α,β-unsaturated/α-hetero) is 1. The topological polar surface area (TPSA) is 20.3 Å². The van der Waals surface area contributed by atoms with E-state index in [0.29, 0.717) is 6.54 Å². The molecule has 0 aliphatic carbocycles. The summed E-state index contributed by atoms with van der Waals surface area (Å²) < 4.78 is 0. The van der Waals surface area contributed by atoms with Gasteiger partial charge in [0.1, 0.15) is 0 Å². The highest BCUT2D eigenvalue weighted by Gasteiger charge is 2.10. The molecule has 1 aromatic heterocycles. The quantitative estimate of drug-likeness (QED) is 0.728. The second-order valence-electron chi connectivity index (χ2n) is 3.64. The van der Waals surface area contributed by atoms with Crippen LogP contribution >= 0.6 is 11.3 Å². The van der Waals surface area contributed by atoms with Gasteiger partial charge in [-0.15, -0.1) is 11.3 Å². The van der Waals surface area contributed by atoms with Crippen molar-refractivity contribution in [3.05, 3.63) is 46.4 Å². The monoisotopic (exact) mass is 219 g/mol. The van der Waals surface area contributed by atoms with Crippen molar-refractivity contribution in [3.63, 3.8) is 0 Å². The first-order valence-electron chi connectivity index (χ1n) is 4.92. The van der Waals surface area contributed by atoms with Crippen LogP contribution in [0.1, 0.15) is 23.0 Å². The summed E-state index contributed by atoms with van der Waals surface area (Å²) in [4.78, 5) is 14.6. The molecule has 15 heavy (non-hydrogen) atoms. The first-order valence-corrected chi connectivity index (χ1v) is 5.80. The second kappa shape index (κ2) is 4.45. The standard InChI is InChI=1S/C12H13NOS/c1-10-4-2-6-13(8-10)9-11(14)12-5-3-7-15-12/h2-3,5-8H,4,9H2,1H3. The molecule has 2 heterocycles. The molecule has 78 valence electrons. The lowest BCUT2D eigenvalue weighted by Crippen LogP contribution is -2.21. The van der Waals surface area contributed by atoms with Crippen LogP contribution < -0.4 is 0 Å². The fourth-order valence-corrected chi connectivity index (χ4v) is 2.19. The van der Waals surface area contributed by atoms with Gasteiger partial charge in [-0.3, -0.25) is 4.79 Å². The summed E-state index contributed by atoms with van der Waals surface area (Å²) in [5.74, 6) is 0.181. The smallest absolute Gasteiger partial charge is 0.192 e. The molecule has 0 atom stereocenters. The Bertz CT molecular complexity index is 403. The summed E-state index contributed by atoms with van der Waals surface area (Å²) in [5.41, 5.74) is 1.29. The van der Waals surface area contributed by atoms with Gasteiger partial charge in [-0.25, -0.2) is 0 Å². The molecule has 2 rings (SSSR count). The van der Waals surface area contributed by atoms with Gasteiger partial charge < -0.3 is 4.90 Å². The SMILES string of the molecule is CC1=CN(CC(=O)c2cccs2)C=CC1. The zero-order valence-corrected chi connectivity index (χ0v) is 9.46. The minimum atomic E-state index is 0.181. The van der Waals surface area contributed by atoms with Crippen molar-refractivity contribution < 1.29 is 4.79 Å². The molecule has 0 N–H and O–H groups in total. The molecule has 0 fully saturated rings. The molecule has 0 spiro atoms. The largest absolute Gasteiger partial charge is 0.347 e. The molecule has 0 unspecified atom stereocenters. The maximum Gasteiger partial charge on any atom is 0.192 e. The number of ketones is 1. The number of hydrogen-bond acceptors (Lipinski definition) is 3. The van der Waals surface area contributed by atoms with Gasteiger partial charge in [0, 0.05) is 12.4 Å². The van der Waals surface area contributed by atoms with Gasteiger partial charge in [-0.2, -0.15) is 0 Å². The molecule has 3 heteroatoms. The van der Waals surface area contributed by atoms with E-state index in [4.69, 9.17) is 0 Å². The van der Waals surface area contributed by atoms with Crippen molar-refractivity contribution in [2.75, 3.05) is 6.54 Å². The first-order chi connectivity index (χ1) is 7.25. The fraction of sp³-hybridized carbons (Fsp3) is 0.250. The van der Waals surface area contributed by atoms with Crippen LogP contribution in [0.3, 0.4) is 0 Å². The summed E-state index contributed by atoms with van der Waals surface area (Å²) >= 11 is 1.50. The Balaban J connectivity index is 2.01. The van der Waals surface area contributed by atoms with Crippen molar-refractivity contribution in [1.82, 2.24) is 4.90 Å². The molecule has 0 amide bonds. The Morgan fingerprint density at radius 1 is 1.60 bits per heavy atom. The van der Waals surface area contributed by atoms with Crippen LogP contribution in [0.4, 0.5) is 0 Å². The number of carbonyl (C=O) groups is 1. The van der Waals surface area contributed by atoms with E-state index in [1.165, 1.54) is 16.9 Å². The molecular formula is C12H13NOS. The maximum atomic E-state index is 11.8. The molecule has 1 aliphatic heterocycles. The number of allylic oxidation sites excluding steroid dienone is 2. The molecule has 1 aromatic rings. The van der Waals surface area contributed by atoms with Crippen molar-refractivity contribution in [1.29, 1.82) is 0 Å². The van der Waals surface area contributed by atoms with E-state index < -0.39 is 0 Å². The molecule has 0 saturated heterocycles. The lowest BCUT2D eigenvalue weighted by atomic mass is 10.2. The van der Waals surface area contributed by atoms with E-state index in [1.54, 1.807) is 0 Å². The lowest BCUT2D eigenvalue weighted by molar-refractivity contribution is 0.0973. The minimum absolute atomic E-state index is 0.181. The van der Waals surface area contributed by atoms with E-state index in [9.17, 15) is 4.79 Å². The average molecular weight is 219 g/mol. The normalized spacial score (nSPS) is 15.3. The van der Waals surface area contributed by atoms with E-state index in [2.05, 4.69) is 13.0 Å². The zero-order valence-electron chi connectivity index (χ0n) is 8.64. The number of rotatable bonds is 3. The third-order valence-electron chi connectivity index (χ3n) is 2.25. The van der Waals surface area contributed by atoms with Crippen molar-refractivity contribution >= 4 is 17.1 Å². The van der Waals surface area contributed by atoms with E-state index >= 15 is 0 Å². The van der Waals surface area contributed by atoms with Gasteiger partial charge in [-0.1, -0.05) is 17.7 Å². The molecule has 0 aromatic carbocycles. The summed E-state index contributed by atoms with van der Waals surface area (Å²) in [6.45, 7) is 2.51. The van der Waals surface area contributed by atoms with Crippen LogP contribution in [0, 0.1) is 0 Å². The molecule has 0 radical (unpaired) electrons. The van der Waals surface area contributed by atoms with E-state index in [-0.39, 0.29) is 5.78 Å². The van der Waals surface area contributed by atoms with Crippen LogP contribution in [-0.4, -0.2) is 17.2 Å². The molecular weight excluding hydrogens is 206 g/mol. The first kappa shape index (κ1) is 10.2. The van der Waals surface area contributed by atoms with Crippen molar-refractivity contribution in [3.8, 4) is 0 Å².